The van der Waals surface area contributed by atoms with Crippen molar-refractivity contribution in [1.82, 2.24) is 9.88 Å². The lowest BCUT2D eigenvalue weighted by molar-refractivity contribution is 0.0695. The van der Waals surface area contributed by atoms with Crippen LogP contribution >= 0.6 is 0 Å². The molecule has 6 heteroatoms. The molecule has 1 saturated carbocycles. The van der Waals surface area contributed by atoms with Crippen LogP contribution in [0.3, 0.4) is 0 Å². The summed E-state index contributed by atoms with van der Waals surface area (Å²) >= 11 is 0. The van der Waals surface area contributed by atoms with E-state index in [4.69, 9.17) is 0 Å². The van der Waals surface area contributed by atoms with Crippen molar-refractivity contribution in [3.63, 3.8) is 0 Å². The van der Waals surface area contributed by atoms with Crippen LogP contribution in [0.25, 0.3) is 11.3 Å². The molecule has 3 atom stereocenters. The molecule has 2 heterocycles. The van der Waals surface area contributed by atoms with Crippen LogP contribution in [0.5, 0.6) is 0 Å². The van der Waals surface area contributed by atoms with Crippen molar-refractivity contribution in [1.29, 1.82) is 0 Å². The first kappa shape index (κ1) is 25.1. The number of carboxylic acids is 1. The second-order valence-electron chi connectivity index (χ2n) is 10.7. The number of aromatic amines is 1. The smallest absolute Gasteiger partial charge is 0.341 e. The maximum absolute atomic E-state index is 12.3. The Kier molecular flexibility index (Phi) is 6.79. The summed E-state index contributed by atoms with van der Waals surface area (Å²) in [7, 11) is 0. The third-order valence-corrected chi connectivity index (χ3v) is 8.28. The summed E-state index contributed by atoms with van der Waals surface area (Å²) in [6.07, 6.45) is 0.632. The highest BCUT2D eigenvalue weighted by Gasteiger charge is 2.58. The number of piperidine rings is 1. The molecule has 1 unspecified atom stereocenters. The molecule has 0 radical (unpaired) electrons. The van der Waals surface area contributed by atoms with Gasteiger partial charge >= 0.3 is 5.97 Å². The Labute approximate surface area is 228 Å². The van der Waals surface area contributed by atoms with Crippen molar-refractivity contribution in [3.05, 3.63) is 124 Å². The maximum Gasteiger partial charge on any atom is 0.341 e. The van der Waals surface area contributed by atoms with Gasteiger partial charge in [0.05, 0.1) is 5.69 Å². The van der Waals surface area contributed by atoms with Crippen LogP contribution in [0.4, 0.5) is 5.69 Å². The van der Waals surface area contributed by atoms with Gasteiger partial charge in [0.15, 0.2) is 0 Å². The molecule has 0 amide bonds. The number of rotatable bonds is 9. The number of nitrogens with zero attached hydrogens (tertiary/aromatic N) is 2. The minimum Gasteiger partial charge on any atom is -0.477 e. The van der Waals surface area contributed by atoms with E-state index in [-0.39, 0.29) is 5.56 Å². The Balaban J connectivity index is 1.16. The highest BCUT2D eigenvalue weighted by atomic mass is 16.4. The van der Waals surface area contributed by atoms with E-state index in [1.807, 2.05) is 19.1 Å². The third-order valence-electron chi connectivity index (χ3n) is 8.28. The van der Waals surface area contributed by atoms with Crippen LogP contribution in [0, 0.1) is 11.8 Å². The van der Waals surface area contributed by atoms with Gasteiger partial charge in [0, 0.05) is 37.9 Å². The van der Waals surface area contributed by atoms with E-state index in [1.54, 1.807) is 0 Å². The van der Waals surface area contributed by atoms with Crippen molar-refractivity contribution in [2.75, 3.05) is 18.0 Å². The Morgan fingerprint density at radius 3 is 1.97 bits per heavy atom. The Morgan fingerprint density at radius 1 is 0.897 bits per heavy atom. The minimum absolute atomic E-state index is 0.216. The fourth-order valence-corrected chi connectivity index (χ4v) is 6.26. The summed E-state index contributed by atoms with van der Waals surface area (Å²) in [6, 6.07) is 31.9. The minimum atomic E-state index is -1.20. The molecule has 1 aliphatic carbocycles. The molecule has 6 nitrogen and oxygen atoms in total. The molecule has 3 aromatic carbocycles. The second kappa shape index (κ2) is 10.5. The van der Waals surface area contributed by atoms with Crippen molar-refractivity contribution < 1.29 is 9.90 Å². The summed E-state index contributed by atoms with van der Waals surface area (Å²) < 4.78 is 0. The van der Waals surface area contributed by atoms with Gasteiger partial charge in [0.2, 0.25) is 0 Å². The first-order chi connectivity index (χ1) is 19.0. The van der Waals surface area contributed by atoms with Crippen molar-refractivity contribution in [3.8, 4) is 11.3 Å². The van der Waals surface area contributed by atoms with Gasteiger partial charge in [-0.2, -0.15) is 0 Å². The molecule has 0 bridgehead atoms. The number of benzene rings is 3. The first-order valence-electron chi connectivity index (χ1n) is 13.7. The molecule has 1 aromatic heterocycles. The summed E-state index contributed by atoms with van der Waals surface area (Å²) in [4.78, 5) is 31.6. The van der Waals surface area contributed by atoms with Crippen LogP contribution in [0.2, 0.25) is 0 Å². The molecular formula is C33H33N3O3. The number of H-pyrrole nitrogens is 1. The number of anilines is 1. The van der Waals surface area contributed by atoms with E-state index in [9.17, 15) is 14.7 Å². The highest BCUT2D eigenvalue weighted by molar-refractivity contribution is 5.88. The van der Waals surface area contributed by atoms with Crippen molar-refractivity contribution in [2.24, 2.45) is 11.8 Å². The third kappa shape index (κ3) is 5.12. The Bertz CT molecular complexity index is 1460. The molecule has 4 aromatic rings. The zero-order valence-electron chi connectivity index (χ0n) is 22.1. The number of fused-ring (bicyclic) bond motifs is 1. The highest BCUT2D eigenvalue weighted by Crippen LogP contribution is 2.50. The maximum atomic E-state index is 12.3. The molecule has 2 N–H and O–H groups in total. The van der Waals surface area contributed by atoms with Crippen molar-refractivity contribution in [2.45, 2.75) is 32.5 Å². The zero-order valence-corrected chi connectivity index (χ0v) is 22.1. The predicted molar refractivity (Wildman–Crippen MR) is 154 cm³/mol. The van der Waals surface area contributed by atoms with Gasteiger partial charge in [-0.05, 0) is 58.7 Å². The molecule has 1 saturated heterocycles. The lowest BCUT2D eigenvalue weighted by atomic mass is 10.0. The zero-order chi connectivity index (χ0) is 26.9. The number of pyridine rings is 1. The summed E-state index contributed by atoms with van der Waals surface area (Å²) in [5.41, 5.74) is 5.52. The first-order valence-corrected chi connectivity index (χ1v) is 13.7. The summed E-state index contributed by atoms with van der Waals surface area (Å²) in [5.74, 6) is 0.109. The average Bonchev–Trinajstić information content (AvgIpc) is 3.46. The number of nitrogens with one attached hydrogen (secondary N) is 1. The molecule has 6 rings (SSSR count). The Hall–Kier alpha value is -4.16. The fourth-order valence-electron chi connectivity index (χ4n) is 6.26. The number of aryl methyl sites for hydroxylation is 1. The normalized spacial score (nSPS) is 19.7. The quantitative estimate of drug-likeness (QED) is 0.308. The van der Waals surface area contributed by atoms with E-state index in [0.29, 0.717) is 30.0 Å². The number of hydrogen-bond donors (Lipinski definition) is 2. The molecule has 2 fully saturated rings. The number of carbonyl (C=O) groups is 1. The lowest BCUT2D eigenvalue weighted by Gasteiger charge is -2.28. The summed E-state index contributed by atoms with van der Waals surface area (Å²) in [5, 5.41) is 9.30. The van der Waals surface area contributed by atoms with Crippen LogP contribution in [-0.4, -0.2) is 40.1 Å². The van der Waals surface area contributed by atoms with Gasteiger partial charge in [-0.25, -0.2) is 4.79 Å². The molecule has 39 heavy (non-hydrogen) atoms. The van der Waals surface area contributed by atoms with Gasteiger partial charge in [0.25, 0.3) is 5.56 Å². The van der Waals surface area contributed by atoms with E-state index in [1.165, 1.54) is 22.9 Å². The lowest BCUT2D eigenvalue weighted by Crippen LogP contribution is -2.34. The standard InChI is InChI=1S/C33H33N3O3/c1-2-24-17-27(33(38)39)32(37)34-30(24)25-13-15-26(16-14-25)35-20-28-29(21-35)31(28)36(18-22-9-5-3-6-10-22)19-23-11-7-4-8-12-23/h3-17,28-29,31H,2,18-21H2,1H3,(H,34,37)(H,38,39)/t28-,29+,31?. The monoisotopic (exact) mass is 519 g/mol. The molecule has 0 spiro atoms. The molecule has 2 aliphatic rings. The summed E-state index contributed by atoms with van der Waals surface area (Å²) in [6.45, 7) is 5.96. The second-order valence-corrected chi connectivity index (χ2v) is 10.7. The molecule has 198 valence electrons. The van der Waals surface area contributed by atoms with Gasteiger partial charge in [-0.15, -0.1) is 0 Å². The van der Waals surface area contributed by atoms with Gasteiger partial charge in [0.1, 0.15) is 5.56 Å². The van der Waals surface area contributed by atoms with Crippen LogP contribution in [-0.2, 0) is 19.5 Å². The van der Waals surface area contributed by atoms with E-state index < -0.39 is 11.5 Å². The number of aromatic carboxylic acids is 1. The largest absolute Gasteiger partial charge is 0.477 e. The fraction of sp³-hybridized carbons (Fsp3) is 0.273. The molecule has 1 aliphatic heterocycles. The van der Waals surface area contributed by atoms with Crippen LogP contribution < -0.4 is 10.5 Å². The number of aromatic nitrogens is 1. The number of carboxylic acid groups (broad SMARTS) is 1. The molecular weight excluding hydrogens is 486 g/mol. The van der Waals surface area contributed by atoms with Crippen molar-refractivity contribution >= 4 is 11.7 Å². The SMILES string of the molecule is CCc1cc(C(=O)O)c(=O)[nH]c1-c1ccc(N2C[C@@H]3C(N(Cc4ccccc4)Cc4ccccc4)[C@@H]3C2)cc1. The van der Waals surface area contributed by atoms with Crippen LogP contribution in [0.1, 0.15) is 34.0 Å². The van der Waals surface area contributed by atoms with E-state index >= 15 is 0 Å². The topological polar surface area (TPSA) is 76.6 Å². The average molecular weight is 520 g/mol. The van der Waals surface area contributed by atoms with Gasteiger partial charge in [-0.1, -0.05) is 79.7 Å². The van der Waals surface area contributed by atoms with Gasteiger partial charge in [-0.3, -0.25) is 9.69 Å². The Morgan fingerprint density at radius 2 is 1.46 bits per heavy atom. The van der Waals surface area contributed by atoms with Gasteiger partial charge < -0.3 is 15.0 Å². The number of hydrogen-bond acceptors (Lipinski definition) is 4. The van der Waals surface area contributed by atoms with E-state index in [2.05, 4.69) is 87.6 Å². The van der Waals surface area contributed by atoms with Crippen LogP contribution in [0.15, 0.2) is 95.8 Å². The van der Waals surface area contributed by atoms with E-state index in [0.717, 1.165) is 37.3 Å². The predicted octanol–water partition coefficient (Wildman–Crippen LogP) is 5.44.